The highest BCUT2D eigenvalue weighted by atomic mass is 19.4. The van der Waals surface area contributed by atoms with Gasteiger partial charge in [-0.15, -0.1) is 0 Å². The lowest BCUT2D eigenvalue weighted by Crippen LogP contribution is -2.04. The number of alkyl halides is 3. The predicted octanol–water partition coefficient (Wildman–Crippen LogP) is 3.26. The first kappa shape index (κ1) is 12.7. The number of carbonyl (C=O) groups excluding carboxylic acids is 1. The van der Waals surface area contributed by atoms with Gasteiger partial charge in [-0.1, -0.05) is 12.1 Å². The average Bonchev–Trinajstić information content (AvgIpc) is 2.77. The van der Waals surface area contributed by atoms with E-state index in [1.54, 1.807) is 6.07 Å². The van der Waals surface area contributed by atoms with Gasteiger partial charge in [0.15, 0.2) is 0 Å². The maximum atomic E-state index is 12.5. The Morgan fingerprint density at radius 2 is 1.80 bits per heavy atom. The summed E-state index contributed by atoms with van der Waals surface area (Å²) in [6, 6.07) is 6.63. The van der Waals surface area contributed by atoms with Crippen LogP contribution in [0.5, 0.6) is 0 Å². The number of pyridine rings is 1. The van der Waals surface area contributed by atoms with Crippen LogP contribution in [-0.4, -0.2) is 10.9 Å². The van der Waals surface area contributed by atoms with Gasteiger partial charge in [-0.05, 0) is 23.8 Å². The van der Waals surface area contributed by atoms with Crippen molar-refractivity contribution in [1.82, 2.24) is 4.98 Å². The fourth-order valence-corrected chi connectivity index (χ4v) is 2.12. The Bertz CT molecular complexity index is 678. The van der Waals surface area contributed by atoms with Gasteiger partial charge in [-0.2, -0.15) is 13.2 Å². The molecule has 0 unspecified atom stereocenters. The van der Waals surface area contributed by atoms with Gasteiger partial charge in [0, 0.05) is 17.3 Å². The lowest BCUT2D eigenvalue weighted by atomic mass is 10.0. The summed E-state index contributed by atoms with van der Waals surface area (Å²) in [7, 11) is 0. The van der Waals surface area contributed by atoms with Crippen molar-refractivity contribution in [1.29, 1.82) is 0 Å². The van der Waals surface area contributed by atoms with Crippen molar-refractivity contribution in [3.63, 3.8) is 0 Å². The number of fused-ring (bicyclic) bond motifs is 1. The zero-order chi connectivity index (χ0) is 14.3. The van der Waals surface area contributed by atoms with Crippen LogP contribution in [0.1, 0.15) is 11.1 Å². The number of hydrogen-bond donors (Lipinski definition) is 1. The van der Waals surface area contributed by atoms with Crippen molar-refractivity contribution in [2.75, 3.05) is 5.32 Å². The summed E-state index contributed by atoms with van der Waals surface area (Å²) in [4.78, 5) is 15.3. The lowest BCUT2D eigenvalue weighted by molar-refractivity contribution is -0.137. The molecule has 1 aliphatic heterocycles. The molecule has 2 aromatic rings. The first-order chi connectivity index (χ1) is 9.43. The molecule has 1 aromatic carbocycles. The summed E-state index contributed by atoms with van der Waals surface area (Å²) < 4.78 is 37.5. The van der Waals surface area contributed by atoms with Crippen molar-refractivity contribution in [3.8, 4) is 11.1 Å². The van der Waals surface area contributed by atoms with Gasteiger partial charge in [0.1, 0.15) is 5.82 Å². The highest BCUT2D eigenvalue weighted by Gasteiger charge is 2.30. The van der Waals surface area contributed by atoms with Crippen LogP contribution in [0.2, 0.25) is 0 Å². The van der Waals surface area contributed by atoms with E-state index in [2.05, 4.69) is 10.3 Å². The number of hydrogen-bond acceptors (Lipinski definition) is 2. The molecular formula is C14H9F3N2O. The summed E-state index contributed by atoms with van der Waals surface area (Å²) in [6.07, 6.45) is -2.56. The van der Waals surface area contributed by atoms with Crippen molar-refractivity contribution in [2.24, 2.45) is 0 Å². The fourth-order valence-electron chi connectivity index (χ4n) is 2.12. The van der Waals surface area contributed by atoms with Crippen LogP contribution in [0, 0.1) is 0 Å². The summed E-state index contributed by atoms with van der Waals surface area (Å²) in [6.45, 7) is 0. The van der Waals surface area contributed by atoms with Crippen molar-refractivity contribution >= 4 is 11.7 Å². The van der Waals surface area contributed by atoms with Crippen LogP contribution >= 0.6 is 0 Å². The topological polar surface area (TPSA) is 42.0 Å². The third-order valence-corrected chi connectivity index (χ3v) is 3.12. The number of carbonyl (C=O) groups is 1. The standard InChI is InChI=1S/C14H9F3N2O/c15-14(16,17)11-3-1-8(2-4-11)10-5-9-6-12(20)19-13(9)18-7-10/h1-5,7H,6H2,(H,18,19,20). The van der Waals surface area contributed by atoms with Crippen LogP contribution < -0.4 is 5.32 Å². The largest absolute Gasteiger partial charge is 0.416 e. The molecule has 6 heteroatoms. The van der Waals surface area contributed by atoms with Gasteiger partial charge in [0.2, 0.25) is 5.91 Å². The monoisotopic (exact) mass is 278 g/mol. The highest BCUT2D eigenvalue weighted by molar-refractivity contribution is 5.98. The van der Waals surface area contributed by atoms with Crippen LogP contribution in [0.3, 0.4) is 0 Å². The van der Waals surface area contributed by atoms with Crippen molar-refractivity contribution in [2.45, 2.75) is 12.6 Å². The zero-order valence-electron chi connectivity index (χ0n) is 10.2. The summed E-state index contributed by atoms with van der Waals surface area (Å²) in [5.41, 5.74) is 1.39. The third kappa shape index (κ3) is 2.24. The molecule has 0 aliphatic carbocycles. The van der Waals surface area contributed by atoms with Gasteiger partial charge in [-0.3, -0.25) is 4.79 Å². The Labute approximate surface area is 112 Å². The molecule has 0 saturated heterocycles. The van der Waals surface area contributed by atoms with Gasteiger partial charge < -0.3 is 5.32 Å². The normalized spacial score (nSPS) is 14.1. The van der Waals surface area contributed by atoms with Gasteiger partial charge in [0.25, 0.3) is 0 Å². The predicted molar refractivity (Wildman–Crippen MR) is 67.0 cm³/mol. The molecule has 0 spiro atoms. The maximum absolute atomic E-state index is 12.5. The summed E-state index contributed by atoms with van der Waals surface area (Å²) in [5, 5.41) is 2.61. The molecule has 0 fully saturated rings. The van der Waals surface area contributed by atoms with E-state index >= 15 is 0 Å². The molecule has 2 heterocycles. The van der Waals surface area contributed by atoms with E-state index in [9.17, 15) is 18.0 Å². The molecule has 1 aliphatic rings. The van der Waals surface area contributed by atoms with E-state index in [0.29, 0.717) is 16.9 Å². The molecule has 20 heavy (non-hydrogen) atoms. The van der Waals surface area contributed by atoms with E-state index in [1.807, 2.05) is 0 Å². The maximum Gasteiger partial charge on any atom is 0.416 e. The van der Waals surface area contributed by atoms with E-state index in [1.165, 1.54) is 18.3 Å². The molecule has 0 radical (unpaired) electrons. The molecular weight excluding hydrogens is 269 g/mol. The molecule has 0 atom stereocenters. The van der Waals surface area contributed by atoms with Gasteiger partial charge >= 0.3 is 6.18 Å². The smallest absolute Gasteiger partial charge is 0.310 e. The molecule has 1 amide bonds. The number of halogens is 3. The van der Waals surface area contributed by atoms with Gasteiger partial charge in [-0.25, -0.2) is 4.98 Å². The first-order valence-electron chi connectivity index (χ1n) is 5.90. The van der Waals surface area contributed by atoms with E-state index in [4.69, 9.17) is 0 Å². The molecule has 102 valence electrons. The van der Waals surface area contributed by atoms with Crippen molar-refractivity contribution < 1.29 is 18.0 Å². The Kier molecular flexibility index (Phi) is 2.74. The molecule has 1 N–H and O–H groups in total. The van der Waals surface area contributed by atoms with Crippen LogP contribution in [0.25, 0.3) is 11.1 Å². The molecule has 0 bridgehead atoms. The SMILES string of the molecule is O=C1Cc2cc(-c3ccc(C(F)(F)F)cc3)cnc2N1. The Morgan fingerprint density at radius 3 is 2.45 bits per heavy atom. The molecule has 3 nitrogen and oxygen atoms in total. The molecule has 3 rings (SSSR count). The number of amides is 1. The number of aromatic nitrogens is 1. The first-order valence-corrected chi connectivity index (χ1v) is 5.90. The van der Waals surface area contributed by atoms with Crippen molar-refractivity contribution in [3.05, 3.63) is 47.7 Å². The number of benzene rings is 1. The minimum atomic E-state index is -4.34. The second-order valence-electron chi connectivity index (χ2n) is 4.53. The van der Waals surface area contributed by atoms with Gasteiger partial charge in [0.05, 0.1) is 12.0 Å². The highest BCUT2D eigenvalue weighted by Crippen LogP contribution is 2.32. The summed E-state index contributed by atoms with van der Waals surface area (Å²) >= 11 is 0. The second-order valence-corrected chi connectivity index (χ2v) is 4.53. The number of nitrogens with zero attached hydrogens (tertiary/aromatic N) is 1. The zero-order valence-corrected chi connectivity index (χ0v) is 10.2. The van der Waals surface area contributed by atoms with E-state index in [-0.39, 0.29) is 12.3 Å². The Balaban J connectivity index is 1.94. The minimum absolute atomic E-state index is 0.128. The van der Waals surface area contributed by atoms with E-state index < -0.39 is 11.7 Å². The number of rotatable bonds is 1. The fraction of sp³-hybridized carbons (Fsp3) is 0.143. The Morgan fingerprint density at radius 1 is 1.10 bits per heavy atom. The average molecular weight is 278 g/mol. The molecule has 0 saturated carbocycles. The number of nitrogens with one attached hydrogen (secondary N) is 1. The molecule has 1 aromatic heterocycles. The second kappa shape index (κ2) is 4.33. The lowest BCUT2D eigenvalue weighted by Gasteiger charge is -2.08. The number of anilines is 1. The van der Waals surface area contributed by atoms with E-state index in [0.717, 1.165) is 17.7 Å². The third-order valence-electron chi connectivity index (χ3n) is 3.12. The minimum Gasteiger partial charge on any atom is -0.310 e. The van der Waals surface area contributed by atoms with Crippen LogP contribution in [-0.2, 0) is 17.4 Å². The van der Waals surface area contributed by atoms with Crippen LogP contribution in [0.4, 0.5) is 19.0 Å². The Hall–Kier alpha value is -2.37. The quantitative estimate of drug-likeness (QED) is 0.870. The summed E-state index contributed by atoms with van der Waals surface area (Å²) in [5.74, 6) is 0.391. The van der Waals surface area contributed by atoms with Crippen LogP contribution in [0.15, 0.2) is 36.5 Å².